The van der Waals surface area contributed by atoms with Gasteiger partial charge in [-0.05, 0) is 19.8 Å². The molecule has 18 heavy (non-hydrogen) atoms. The molecule has 1 fully saturated rings. The van der Waals surface area contributed by atoms with E-state index in [1.165, 1.54) is 6.33 Å². The average molecular weight is 251 g/mol. The summed E-state index contributed by atoms with van der Waals surface area (Å²) in [5.41, 5.74) is -0.628. The summed E-state index contributed by atoms with van der Waals surface area (Å²) in [7, 11) is 0. The van der Waals surface area contributed by atoms with E-state index in [9.17, 15) is 9.90 Å². The number of aliphatic carboxylic acids is 1. The van der Waals surface area contributed by atoms with Crippen molar-refractivity contribution in [2.75, 3.05) is 18.5 Å². The molecule has 1 heterocycles. The van der Waals surface area contributed by atoms with Crippen molar-refractivity contribution in [2.24, 2.45) is 5.41 Å². The lowest BCUT2D eigenvalue weighted by atomic mass is 9.69. The Hall–Kier alpha value is -1.85. The van der Waals surface area contributed by atoms with Crippen molar-refractivity contribution < 1.29 is 14.6 Å². The molecule has 0 saturated heterocycles. The van der Waals surface area contributed by atoms with Crippen LogP contribution in [0.3, 0.4) is 0 Å². The second kappa shape index (κ2) is 5.20. The SMILES string of the molecule is CCOc1cc(NCC2(C(=O)O)CCC2)ncn1. The van der Waals surface area contributed by atoms with Crippen molar-refractivity contribution in [3.63, 3.8) is 0 Å². The van der Waals surface area contributed by atoms with E-state index in [4.69, 9.17) is 4.74 Å². The molecule has 98 valence electrons. The van der Waals surface area contributed by atoms with Gasteiger partial charge in [0, 0.05) is 12.6 Å². The predicted octanol–water partition coefficient (Wildman–Crippen LogP) is 1.54. The van der Waals surface area contributed by atoms with Gasteiger partial charge in [-0.2, -0.15) is 0 Å². The van der Waals surface area contributed by atoms with Gasteiger partial charge in [0.2, 0.25) is 5.88 Å². The zero-order valence-electron chi connectivity index (χ0n) is 10.3. The maximum absolute atomic E-state index is 11.2. The number of hydrogen-bond donors (Lipinski definition) is 2. The Morgan fingerprint density at radius 2 is 2.33 bits per heavy atom. The van der Waals surface area contributed by atoms with Gasteiger partial charge in [-0.25, -0.2) is 9.97 Å². The smallest absolute Gasteiger partial charge is 0.311 e. The number of anilines is 1. The van der Waals surface area contributed by atoms with E-state index in [0.29, 0.717) is 24.8 Å². The molecular formula is C12H17N3O3. The molecule has 0 aromatic carbocycles. The van der Waals surface area contributed by atoms with Crippen LogP contribution in [0.25, 0.3) is 0 Å². The normalized spacial score (nSPS) is 16.7. The first-order valence-corrected chi connectivity index (χ1v) is 6.08. The highest BCUT2D eigenvalue weighted by Crippen LogP contribution is 2.41. The Morgan fingerprint density at radius 1 is 1.56 bits per heavy atom. The Kier molecular flexibility index (Phi) is 3.64. The topological polar surface area (TPSA) is 84.3 Å². The fourth-order valence-corrected chi connectivity index (χ4v) is 1.99. The molecule has 1 aliphatic carbocycles. The lowest BCUT2D eigenvalue weighted by Gasteiger charge is -2.37. The molecule has 0 bridgehead atoms. The van der Waals surface area contributed by atoms with E-state index in [1.54, 1.807) is 6.07 Å². The predicted molar refractivity (Wildman–Crippen MR) is 65.6 cm³/mol. The third kappa shape index (κ3) is 2.52. The van der Waals surface area contributed by atoms with Crippen LogP contribution in [0.2, 0.25) is 0 Å². The minimum absolute atomic E-state index is 0.394. The zero-order chi connectivity index (χ0) is 13.0. The third-order valence-electron chi connectivity index (χ3n) is 3.31. The first kappa shape index (κ1) is 12.6. The van der Waals surface area contributed by atoms with Crippen LogP contribution in [-0.2, 0) is 4.79 Å². The van der Waals surface area contributed by atoms with Gasteiger partial charge in [-0.15, -0.1) is 0 Å². The van der Waals surface area contributed by atoms with Crippen LogP contribution in [0.15, 0.2) is 12.4 Å². The summed E-state index contributed by atoms with van der Waals surface area (Å²) >= 11 is 0. The monoisotopic (exact) mass is 251 g/mol. The van der Waals surface area contributed by atoms with E-state index in [0.717, 1.165) is 19.3 Å². The zero-order valence-corrected chi connectivity index (χ0v) is 10.3. The number of hydrogen-bond acceptors (Lipinski definition) is 5. The fourth-order valence-electron chi connectivity index (χ4n) is 1.99. The van der Waals surface area contributed by atoms with Gasteiger partial charge in [-0.3, -0.25) is 4.79 Å². The first-order valence-electron chi connectivity index (χ1n) is 6.08. The summed E-state index contributed by atoms with van der Waals surface area (Å²) in [6, 6.07) is 1.68. The lowest BCUT2D eigenvalue weighted by molar-refractivity contribution is -0.153. The van der Waals surface area contributed by atoms with Crippen molar-refractivity contribution in [1.29, 1.82) is 0 Å². The molecule has 1 saturated carbocycles. The third-order valence-corrected chi connectivity index (χ3v) is 3.31. The summed E-state index contributed by atoms with van der Waals surface area (Å²) in [6.45, 7) is 2.81. The van der Waals surface area contributed by atoms with Crippen LogP contribution < -0.4 is 10.1 Å². The maximum atomic E-state index is 11.2. The molecule has 0 spiro atoms. The van der Waals surface area contributed by atoms with Crippen LogP contribution in [0, 0.1) is 5.41 Å². The number of nitrogens with zero attached hydrogens (tertiary/aromatic N) is 2. The van der Waals surface area contributed by atoms with E-state index >= 15 is 0 Å². The van der Waals surface area contributed by atoms with Crippen molar-refractivity contribution in [2.45, 2.75) is 26.2 Å². The van der Waals surface area contributed by atoms with Gasteiger partial charge in [-0.1, -0.05) is 6.42 Å². The molecule has 2 N–H and O–H groups in total. The quantitative estimate of drug-likeness (QED) is 0.797. The van der Waals surface area contributed by atoms with Crippen molar-refractivity contribution in [1.82, 2.24) is 9.97 Å². The molecule has 0 radical (unpaired) electrons. The lowest BCUT2D eigenvalue weighted by Crippen LogP contribution is -2.43. The Bertz CT molecular complexity index is 432. The second-order valence-corrected chi connectivity index (χ2v) is 4.47. The Morgan fingerprint density at radius 3 is 2.89 bits per heavy atom. The number of ether oxygens (including phenoxy) is 1. The van der Waals surface area contributed by atoms with Gasteiger partial charge in [0.1, 0.15) is 12.1 Å². The van der Waals surface area contributed by atoms with Crippen LogP contribution in [0.4, 0.5) is 5.82 Å². The van der Waals surface area contributed by atoms with E-state index in [2.05, 4.69) is 15.3 Å². The van der Waals surface area contributed by atoms with Crippen molar-refractivity contribution >= 4 is 11.8 Å². The van der Waals surface area contributed by atoms with E-state index in [1.807, 2.05) is 6.92 Å². The number of aromatic nitrogens is 2. The molecule has 0 amide bonds. The van der Waals surface area contributed by atoms with Crippen molar-refractivity contribution in [3.05, 3.63) is 12.4 Å². The summed E-state index contributed by atoms with van der Waals surface area (Å²) in [5, 5.41) is 12.3. The number of carbonyl (C=O) groups is 1. The molecule has 0 aliphatic heterocycles. The van der Waals surface area contributed by atoms with Gasteiger partial charge in [0.25, 0.3) is 0 Å². The molecule has 6 nitrogen and oxygen atoms in total. The molecule has 1 aromatic rings. The fraction of sp³-hybridized carbons (Fsp3) is 0.583. The first-order chi connectivity index (χ1) is 8.66. The summed E-state index contributed by atoms with van der Waals surface area (Å²) in [6.07, 6.45) is 3.82. The van der Waals surface area contributed by atoms with Crippen molar-refractivity contribution in [3.8, 4) is 5.88 Å². The highest BCUT2D eigenvalue weighted by molar-refractivity contribution is 5.76. The van der Waals surface area contributed by atoms with Crippen LogP contribution in [0.5, 0.6) is 5.88 Å². The van der Waals surface area contributed by atoms with E-state index in [-0.39, 0.29) is 0 Å². The molecule has 1 aromatic heterocycles. The summed E-state index contributed by atoms with van der Waals surface area (Å²) in [4.78, 5) is 19.2. The standard InChI is InChI=1S/C12H17N3O3/c1-2-18-10-6-9(14-8-15-10)13-7-12(11(16)17)4-3-5-12/h6,8H,2-5,7H2,1H3,(H,16,17)(H,13,14,15). The van der Waals surface area contributed by atoms with Crippen LogP contribution in [0.1, 0.15) is 26.2 Å². The summed E-state index contributed by atoms with van der Waals surface area (Å²) in [5.74, 6) is 0.356. The van der Waals surface area contributed by atoms with E-state index < -0.39 is 11.4 Å². The molecule has 0 unspecified atom stereocenters. The Balaban J connectivity index is 1.97. The molecule has 6 heteroatoms. The van der Waals surface area contributed by atoms with Gasteiger partial charge < -0.3 is 15.2 Å². The molecular weight excluding hydrogens is 234 g/mol. The minimum atomic E-state index is -0.736. The second-order valence-electron chi connectivity index (χ2n) is 4.47. The number of carboxylic acid groups (broad SMARTS) is 1. The van der Waals surface area contributed by atoms with Gasteiger partial charge in [0.05, 0.1) is 12.0 Å². The van der Waals surface area contributed by atoms with Gasteiger partial charge in [0.15, 0.2) is 0 Å². The number of nitrogens with one attached hydrogen (secondary N) is 1. The molecule has 1 aliphatic rings. The van der Waals surface area contributed by atoms with Crippen LogP contribution >= 0.6 is 0 Å². The summed E-state index contributed by atoms with van der Waals surface area (Å²) < 4.78 is 5.26. The maximum Gasteiger partial charge on any atom is 0.311 e. The molecule has 2 rings (SSSR count). The van der Waals surface area contributed by atoms with Crippen LogP contribution in [-0.4, -0.2) is 34.2 Å². The Labute approximate surface area is 105 Å². The average Bonchev–Trinajstić information content (AvgIpc) is 2.28. The van der Waals surface area contributed by atoms with Gasteiger partial charge >= 0.3 is 5.97 Å². The molecule has 0 atom stereocenters. The number of carboxylic acids is 1. The highest BCUT2D eigenvalue weighted by Gasteiger charge is 2.44. The minimum Gasteiger partial charge on any atom is -0.481 e. The largest absolute Gasteiger partial charge is 0.481 e. The highest BCUT2D eigenvalue weighted by atomic mass is 16.5. The number of rotatable bonds is 6.